The lowest BCUT2D eigenvalue weighted by atomic mass is 10.3. The maximum absolute atomic E-state index is 5.88. The van der Waals surface area contributed by atoms with Crippen molar-refractivity contribution in [3.8, 4) is 5.75 Å². The van der Waals surface area contributed by atoms with Crippen molar-refractivity contribution in [3.63, 3.8) is 0 Å². The van der Waals surface area contributed by atoms with Crippen LogP contribution in [-0.2, 0) is 0 Å². The summed E-state index contributed by atoms with van der Waals surface area (Å²) in [6.07, 6.45) is 1.55. The van der Waals surface area contributed by atoms with E-state index in [0.717, 1.165) is 17.1 Å². The Hall–Kier alpha value is -2.86. The highest BCUT2D eigenvalue weighted by atomic mass is 35.5. The van der Waals surface area contributed by atoms with Crippen LogP contribution < -0.4 is 15.4 Å². The number of nitrogens with one attached hydrogen (secondary N) is 2. The zero-order chi connectivity index (χ0) is 16.8. The van der Waals surface area contributed by atoms with E-state index in [1.54, 1.807) is 18.3 Å². The first-order chi connectivity index (χ1) is 11.7. The summed E-state index contributed by atoms with van der Waals surface area (Å²) >= 11 is 5.88. The fourth-order valence-corrected chi connectivity index (χ4v) is 2.20. The Morgan fingerprint density at radius 1 is 1.04 bits per heavy atom. The Kier molecular flexibility index (Phi) is 5.08. The summed E-state index contributed by atoms with van der Waals surface area (Å²) in [5.41, 5.74) is 1.64. The molecule has 3 rings (SSSR count). The van der Waals surface area contributed by atoms with Gasteiger partial charge in [-0.15, -0.1) is 5.10 Å². The molecule has 0 saturated carbocycles. The second kappa shape index (κ2) is 7.61. The Bertz CT molecular complexity index is 810. The molecule has 1 aromatic heterocycles. The molecule has 0 spiro atoms. The van der Waals surface area contributed by atoms with E-state index in [4.69, 9.17) is 16.3 Å². The Morgan fingerprint density at radius 3 is 2.62 bits per heavy atom. The van der Waals surface area contributed by atoms with Crippen LogP contribution in [0, 0.1) is 0 Å². The Balaban J connectivity index is 1.77. The molecule has 0 aliphatic rings. The predicted octanol–water partition coefficient (Wildman–Crippen LogP) is 4.41. The van der Waals surface area contributed by atoms with Gasteiger partial charge in [0.25, 0.3) is 0 Å². The van der Waals surface area contributed by atoms with Crippen LogP contribution in [0.3, 0.4) is 0 Å². The molecule has 7 heteroatoms. The number of ether oxygens (including phenoxy) is 1. The van der Waals surface area contributed by atoms with E-state index < -0.39 is 0 Å². The molecule has 0 amide bonds. The van der Waals surface area contributed by atoms with E-state index in [2.05, 4.69) is 25.8 Å². The molecule has 2 N–H and O–H groups in total. The fourth-order valence-electron chi connectivity index (χ4n) is 2.07. The summed E-state index contributed by atoms with van der Waals surface area (Å²) in [6.45, 7) is 2.52. The van der Waals surface area contributed by atoms with Crippen LogP contribution in [0.4, 0.5) is 23.1 Å². The number of hydrogen-bond donors (Lipinski definition) is 2. The van der Waals surface area contributed by atoms with Crippen LogP contribution in [0.1, 0.15) is 6.92 Å². The molecule has 0 bridgehead atoms. The van der Waals surface area contributed by atoms with Gasteiger partial charge in [0.05, 0.1) is 18.5 Å². The number of hydrogen-bond acceptors (Lipinski definition) is 6. The monoisotopic (exact) mass is 341 g/mol. The summed E-state index contributed by atoms with van der Waals surface area (Å²) in [5, 5.41) is 14.9. The van der Waals surface area contributed by atoms with Gasteiger partial charge in [-0.05, 0) is 43.3 Å². The highest BCUT2D eigenvalue weighted by Crippen LogP contribution is 2.26. The zero-order valence-electron chi connectivity index (χ0n) is 13.0. The number of halogens is 1. The van der Waals surface area contributed by atoms with Gasteiger partial charge in [-0.3, -0.25) is 0 Å². The minimum absolute atomic E-state index is 0.376. The topological polar surface area (TPSA) is 72.0 Å². The van der Waals surface area contributed by atoms with Gasteiger partial charge >= 0.3 is 0 Å². The smallest absolute Gasteiger partial charge is 0.249 e. The summed E-state index contributed by atoms with van der Waals surface area (Å²) in [6, 6.07) is 14.9. The maximum Gasteiger partial charge on any atom is 0.249 e. The van der Waals surface area contributed by atoms with Crippen molar-refractivity contribution in [2.45, 2.75) is 6.92 Å². The van der Waals surface area contributed by atoms with Crippen LogP contribution in [0.5, 0.6) is 5.75 Å². The van der Waals surface area contributed by atoms with E-state index in [1.807, 2.05) is 43.3 Å². The number of anilines is 4. The molecular weight excluding hydrogens is 326 g/mol. The van der Waals surface area contributed by atoms with Crippen molar-refractivity contribution in [2.75, 3.05) is 17.2 Å². The third-order valence-corrected chi connectivity index (χ3v) is 3.36. The highest BCUT2D eigenvalue weighted by Gasteiger charge is 2.06. The van der Waals surface area contributed by atoms with Crippen LogP contribution in [-0.4, -0.2) is 21.8 Å². The molecule has 0 aliphatic carbocycles. The van der Waals surface area contributed by atoms with Crippen LogP contribution in [0.2, 0.25) is 5.02 Å². The van der Waals surface area contributed by atoms with E-state index in [1.165, 1.54) is 0 Å². The van der Waals surface area contributed by atoms with Gasteiger partial charge < -0.3 is 15.4 Å². The van der Waals surface area contributed by atoms with Crippen molar-refractivity contribution in [1.29, 1.82) is 0 Å². The second-order valence-electron chi connectivity index (χ2n) is 4.85. The summed E-state index contributed by atoms with van der Waals surface area (Å²) in [5.74, 6) is 1.68. The number of aromatic nitrogens is 3. The molecule has 0 atom stereocenters. The molecule has 0 unspecified atom stereocenters. The molecule has 6 nitrogen and oxygen atoms in total. The summed E-state index contributed by atoms with van der Waals surface area (Å²) < 4.78 is 5.58. The minimum atomic E-state index is 0.376. The molecule has 1 heterocycles. The molecule has 3 aromatic rings. The van der Waals surface area contributed by atoms with E-state index in [-0.39, 0.29) is 0 Å². The van der Waals surface area contributed by atoms with Gasteiger partial charge in [-0.1, -0.05) is 23.7 Å². The average Bonchev–Trinajstić information content (AvgIpc) is 2.59. The normalized spacial score (nSPS) is 10.2. The number of benzene rings is 2. The standard InChI is InChI=1S/C17H16ClN5O/c1-2-24-15-6-4-3-5-14(15)21-17-22-16(11-19-23-17)20-13-9-7-12(18)8-10-13/h3-11H,2H2,1H3,(H2,20,21,22,23). The van der Waals surface area contributed by atoms with E-state index >= 15 is 0 Å². The highest BCUT2D eigenvalue weighted by molar-refractivity contribution is 6.30. The fraction of sp³-hybridized carbons (Fsp3) is 0.118. The van der Waals surface area contributed by atoms with Gasteiger partial charge in [0.15, 0.2) is 5.82 Å². The largest absolute Gasteiger partial charge is 0.492 e. The average molecular weight is 342 g/mol. The number of para-hydroxylation sites is 2. The lowest BCUT2D eigenvalue weighted by molar-refractivity contribution is 0.342. The summed E-state index contributed by atoms with van der Waals surface area (Å²) in [4.78, 5) is 4.40. The maximum atomic E-state index is 5.88. The SMILES string of the molecule is CCOc1ccccc1Nc1nncc(Nc2ccc(Cl)cc2)n1. The molecule has 0 radical (unpaired) electrons. The molecule has 0 fully saturated rings. The first kappa shape index (κ1) is 16.0. The van der Waals surface area contributed by atoms with Crippen LogP contribution >= 0.6 is 11.6 Å². The molecule has 0 aliphatic heterocycles. The van der Waals surface area contributed by atoms with Gasteiger partial charge in [-0.25, -0.2) is 0 Å². The zero-order valence-corrected chi connectivity index (χ0v) is 13.8. The van der Waals surface area contributed by atoms with Crippen molar-refractivity contribution >= 4 is 34.7 Å². The Morgan fingerprint density at radius 2 is 1.83 bits per heavy atom. The first-order valence-corrected chi connectivity index (χ1v) is 7.83. The van der Waals surface area contributed by atoms with Gasteiger partial charge in [0, 0.05) is 10.7 Å². The van der Waals surface area contributed by atoms with Gasteiger partial charge in [0.1, 0.15) is 5.75 Å². The second-order valence-corrected chi connectivity index (χ2v) is 5.29. The van der Waals surface area contributed by atoms with Crippen molar-refractivity contribution in [1.82, 2.24) is 15.2 Å². The van der Waals surface area contributed by atoms with Crippen molar-refractivity contribution in [2.24, 2.45) is 0 Å². The summed E-state index contributed by atoms with van der Waals surface area (Å²) in [7, 11) is 0. The number of nitrogens with zero attached hydrogens (tertiary/aromatic N) is 3. The van der Waals surface area contributed by atoms with Crippen LogP contribution in [0.15, 0.2) is 54.7 Å². The van der Waals surface area contributed by atoms with E-state index in [0.29, 0.717) is 23.4 Å². The predicted molar refractivity (Wildman–Crippen MR) is 95.5 cm³/mol. The minimum Gasteiger partial charge on any atom is -0.492 e. The number of rotatable bonds is 6. The van der Waals surface area contributed by atoms with Crippen LogP contribution in [0.25, 0.3) is 0 Å². The van der Waals surface area contributed by atoms with Gasteiger partial charge in [-0.2, -0.15) is 10.1 Å². The lowest BCUT2D eigenvalue weighted by Crippen LogP contribution is -2.04. The molecule has 24 heavy (non-hydrogen) atoms. The molecule has 0 saturated heterocycles. The van der Waals surface area contributed by atoms with Crippen molar-refractivity contribution < 1.29 is 4.74 Å². The molecular formula is C17H16ClN5O. The third kappa shape index (κ3) is 4.11. The third-order valence-electron chi connectivity index (χ3n) is 3.11. The molecule has 2 aromatic carbocycles. The Labute approximate surface area is 144 Å². The lowest BCUT2D eigenvalue weighted by Gasteiger charge is -2.11. The van der Waals surface area contributed by atoms with Gasteiger partial charge in [0.2, 0.25) is 5.95 Å². The van der Waals surface area contributed by atoms with Crippen molar-refractivity contribution in [3.05, 3.63) is 59.8 Å². The van der Waals surface area contributed by atoms with E-state index in [9.17, 15) is 0 Å². The first-order valence-electron chi connectivity index (χ1n) is 7.46. The molecule has 122 valence electrons. The quantitative estimate of drug-likeness (QED) is 0.692.